The molecule has 2 aliphatic rings. The first-order chi connectivity index (χ1) is 23.3. The second kappa shape index (κ2) is 13.0. The molecule has 0 saturated carbocycles. The van der Waals surface area contributed by atoms with Gasteiger partial charge in [-0.15, -0.1) is 0 Å². The smallest absolute Gasteiger partial charge is 0.0462 e. The Morgan fingerprint density at radius 1 is 0.404 bits per heavy atom. The molecule has 6 aromatic carbocycles. The van der Waals surface area contributed by atoms with E-state index in [2.05, 4.69) is 181 Å². The minimum absolute atomic E-state index is 1.08. The molecule has 0 atom stereocenters. The van der Waals surface area contributed by atoms with E-state index in [0.717, 1.165) is 42.7 Å². The molecule has 47 heavy (non-hydrogen) atoms. The summed E-state index contributed by atoms with van der Waals surface area (Å²) in [7, 11) is 0. The van der Waals surface area contributed by atoms with E-state index in [9.17, 15) is 0 Å². The Morgan fingerprint density at radius 2 is 0.809 bits per heavy atom. The van der Waals surface area contributed by atoms with Crippen molar-refractivity contribution in [2.75, 3.05) is 4.90 Å². The van der Waals surface area contributed by atoms with Gasteiger partial charge in [-0.05, 0) is 118 Å². The van der Waals surface area contributed by atoms with Crippen LogP contribution in [-0.2, 0) is 12.8 Å². The summed E-state index contributed by atoms with van der Waals surface area (Å²) in [6.45, 7) is 0. The number of para-hydroxylation sites is 2. The van der Waals surface area contributed by atoms with Crippen molar-refractivity contribution in [1.82, 2.24) is 0 Å². The first-order valence-corrected chi connectivity index (χ1v) is 16.7. The maximum absolute atomic E-state index is 2.38. The Morgan fingerprint density at radius 3 is 1.30 bits per heavy atom. The molecule has 1 nitrogen and oxygen atoms in total. The molecular weight excluding hydrogens is 567 g/mol. The Kier molecular flexibility index (Phi) is 7.95. The van der Waals surface area contributed by atoms with Crippen LogP contribution in [0.5, 0.6) is 0 Å². The Balaban J connectivity index is 1.09. The van der Waals surface area contributed by atoms with Crippen molar-refractivity contribution >= 4 is 41.4 Å². The minimum Gasteiger partial charge on any atom is -0.311 e. The molecule has 0 saturated heterocycles. The van der Waals surface area contributed by atoms with Gasteiger partial charge < -0.3 is 4.90 Å². The van der Waals surface area contributed by atoms with E-state index in [4.69, 9.17) is 0 Å². The first kappa shape index (κ1) is 28.8. The molecule has 0 spiro atoms. The summed E-state index contributed by atoms with van der Waals surface area (Å²) in [4.78, 5) is 2.29. The highest BCUT2D eigenvalue weighted by Crippen LogP contribution is 2.45. The van der Waals surface area contributed by atoms with Crippen molar-refractivity contribution in [3.8, 4) is 22.3 Å². The average molecular weight is 604 g/mol. The molecule has 0 radical (unpaired) electrons. The third-order valence-corrected chi connectivity index (χ3v) is 9.39. The fraction of sp³-hybridized carbons (Fsp3) is 0.0870. The van der Waals surface area contributed by atoms with Gasteiger partial charge in [-0.25, -0.2) is 0 Å². The van der Waals surface area contributed by atoms with Gasteiger partial charge in [0.1, 0.15) is 0 Å². The molecule has 0 aromatic heterocycles. The van der Waals surface area contributed by atoms with Gasteiger partial charge in [0, 0.05) is 17.1 Å². The van der Waals surface area contributed by atoms with Crippen LogP contribution in [0.1, 0.15) is 46.2 Å². The van der Waals surface area contributed by atoms with Crippen molar-refractivity contribution in [1.29, 1.82) is 0 Å². The largest absolute Gasteiger partial charge is 0.311 e. The summed E-state index contributed by atoms with van der Waals surface area (Å²) in [5.41, 5.74) is 17.1. The summed E-state index contributed by atoms with van der Waals surface area (Å²) in [5, 5.41) is 0. The fourth-order valence-electron chi connectivity index (χ4n) is 7.19. The number of rotatable bonds is 7. The number of hydrogen-bond donors (Lipinski definition) is 0. The molecular formula is C46H37N. The van der Waals surface area contributed by atoms with Crippen molar-refractivity contribution in [3.63, 3.8) is 0 Å². The number of allylic oxidation sites excluding steroid dienone is 2. The van der Waals surface area contributed by atoms with Crippen LogP contribution in [0.3, 0.4) is 0 Å². The number of fused-ring (bicyclic) bond motifs is 2. The molecule has 0 fully saturated rings. The van der Waals surface area contributed by atoms with Crippen LogP contribution >= 0.6 is 0 Å². The highest BCUT2D eigenvalue weighted by molar-refractivity contribution is 5.93. The van der Waals surface area contributed by atoms with Crippen molar-refractivity contribution in [2.24, 2.45) is 0 Å². The molecule has 8 rings (SSSR count). The number of nitrogens with zero attached hydrogens (tertiary/aromatic N) is 1. The third-order valence-electron chi connectivity index (χ3n) is 9.39. The van der Waals surface area contributed by atoms with Crippen LogP contribution in [0.4, 0.5) is 17.1 Å². The predicted octanol–water partition coefficient (Wildman–Crippen LogP) is 12.6. The van der Waals surface area contributed by atoms with Crippen LogP contribution in [0.2, 0.25) is 0 Å². The lowest BCUT2D eigenvalue weighted by atomic mass is 9.76. The maximum Gasteiger partial charge on any atom is 0.0462 e. The van der Waals surface area contributed by atoms with Gasteiger partial charge in [-0.2, -0.15) is 0 Å². The third kappa shape index (κ3) is 5.77. The molecule has 0 bridgehead atoms. The van der Waals surface area contributed by atoms with Gasteiger partial charge in [0.2, 0.25) is 0 Å². The van der Waals surface area contributed by atoms with Gasteiger partial charge >= 0.3 is 0 Å². The average Bonchev–Trinajstić information content (AvgIpc) is 3.15. The molecule has 0 aliphatic heterocycles. The molecule has 0 unspecified atom stereocenters. The molecule has 1 heteroatoms. The highest BCUT2D eigenvalue weighted by atomic mass is 15.1. The minimum atomic E-state index is 1.08. The molecule has 6 aromatic rings. The monoisotopic (exact) mass is 603 g/mol. The maximum atomic E-state index is 2.38. The predicted molar refractivity (Wildman–Crippen MR) is 202 cm³/mol. The van der Waals surface area contributed by atoms with E-state index in [0.29, 0.717) is 0 Å². The van der Waals surface area contributed by atoms with E-state index in [1.54, 1.807) is 0 Å². The first-order valence-electron chi connectivity index (χ1n) is 16.7. The van der Waals surface area contributed by atoms with Crippen molar-refractivity contribution in [2.45, 2.75) is 25.7 Å². The van der Waals surface area contributed by atoms with Gasteiger partial charge in [0.25, 0.3) is 0 Å². The second-order valence-electron chi connectivity index (χ2n) is 12.3. The van der Waals surface area contributed by atoms with Crippen LogP contribution < -0.4 is 4.90 Å². The lowest BCUT2D eigenvalue weighted by Gasteiger charge is -2.28. The van der Waals surface area contributed by atoms with Crippen LogP contribution in [0.15, 0.2) is 152 Å². The molecule has 226 valence electrons. The Labute approximate surface area is 278 Å². The van der Waals surface area contributed by atoms with Crippen LogP contribution in [0, 0.1) is 0 Å². The Bertz CT molecular complexity index is 2040. The standard InChI is InChI=1S/C46H37N/c1-4-14-36(15-5-1)45-41-20-10-12-22-43(41)46(44-23-13-11-21-42(44)45)37-30-26-34(27-31-37)24-25-35-28-32-40(33-29-35)47(38-16-6-2-7-17-38)39-18-8-3-9-19-39/h1-10,13-20,23-33H,11-12,21-22H2/b25-24+. The van der Waals surface area contributed by atoms with Crippen LogP contribution in [0.25, 0.3) is 46.6 Å². The molecule has 0 heterocycles. The molecule has 2 aliphatic carbocycles. The number of benzene rings is 6. The summed E-state index contributed by atoms with van der Waals surface area (Å²) in [5.74, 6) is 0. The van der Waals surface area contributed by atoms with Crippen molar-refractivity contribution < 1.29 is 0 Å². The Hall–Kier alpha value is -5.66. The van der Waals surface area contributed by atoms with E-state index in [1.807, 2.05) is 0 Å². The normalized spacial score (nSPS) is 13.4. The van der Waals surface area contributed by atoms with E-state index in [-0.39, 0.29) is 0 Å². The van der Waals surface area contributed by atoms with Gasteiger partial charge in [0.15, 0.2) is 0 Å². The summed E-state index contributed by atoms with van der Waals surface area (Å²) in [6.07, 6.45) is 18.2. The van der Waals surface area contributed by atoms with Gasteiger partial charge in [-0.1, -0.05) is 140 Å². The zero-order valence-corrected chi connectivity index (χ0v) is 26.5. The lowest BCUT2D eigenvalue weighted by Crippen LogP contribution is -2.09. The summed E-state index contributed by atoms with van der Waals surface area (Å²) in [6, 6.07) is 50.1. The molecule has 0 amide bonds. The number of anilines is 3. The van der Waals surface area contributed by atoms with Gasteiger partial charge in [0.05, 0.1) is 0 Å². The van der Waals surface area contributed by atoms with E-state index in [1.165, 1.54) is 55.6 Å². The second-order valence-corrected chi connectivity index (χ2v) is 12.3. The highest BCUT2D eigenvalue weighted by Gasteiger charge is 2.25. The van der Waals surface area contributed by atoms with Gasteiger partial charge in [-0.3, -0.25) is 0 Å². The number of hydrogen-bond acceptors (Lipinski definition) is 1. The topological polar surface area (TPSA) is 3.24 Å². The quantitative estimate of drug-likeness (QED) is 0.164. The summed E-state index contributed by atoms with van der Waals surface area (Å²) < 4.78 is 0. The zero-order chi connectivity index (χ0) is 31.4. The fourth-order valence-corrected chi connectivity index (χ4v) is 7.19. The summed E-state index contributed by atoms with van der Waals surface area (Å²) >= 11 is 0. The molecule has 0 N–H and O–H groups in total. The zero-order valence-electron chi connectivity index (χ0n) is 26.5. The van der Waals surface area contributed by atoms with E-state index >= 15 is 0 Å². The lowest BCUT2D eigenvalue weighted by molar-refractivity contribution is 0.958. The van der Waals surface area contributed by atoms with E-state index < -0.39 is 0 Å². The van der Waals surface area contributed by atoms with Crippen LogP contribution in [-0.4, -0.2) is 0 Å². The SMILES string of the molecule is C1=Cc2c(c(-c3ccccc3)c3c(c2-c2ccc(/C=C/c4ccc(N(c5ccccc5)c5ccccc5)cc4)cc2)CCC=C3)CC1. The van der Waals surface area contributed by atoms with Crippen molar-refractivity contribution in [3.05, 3.63) is 185 Å².